The van der Waals surface area contributed by atoms with Crippen LogP contribution >= 0.6 is 27.5 Å². The lowest BCUT2D eigenvalue weighted by Gasteiger charge is -2.14. The van der Waals surface area contributed by atoms with Crippen LogP contribution < -0.4 is 16.6 Å². The molecule has 0 aliphatic carbocycles. The van der Waals surface area contributed by atoms with Crippen molar-refractivity contribution in [1.82, 2.24) is 9.13 Å². The van der Waals surface area contributed by atoms with Crippen LogP contribution in [0, 0.1) is 0 Å². The first-order chi connectivity index (χ1) is 14.9. The number of carbonyl (C=O) groups excluding carboxylic acids is 1. The highest BCUT2D eigenvalue weighted by Crippen LogP contribution is 2.21. The smallest absolute Gasteiger partial charge is 0.324 e. The van der Waals surface area contributed by atoms with Gasteiger partial charge in [0.1, 0.15) is 6.54 Å². The van der Waals surface area contributed by atoms with Crippen molar-refractivity contribution >= 4 is 50.0 Å². The zero-order chi connectivity index (χ0) is 22.0. The molecular weight excluding hydrogens is 482 g/mol. The molecule has 1 aromatic heterocycles. The fourth-order valence-corrected chi connectivity index (χ4v) is 3.97. The normalized spacial score (nSPS) is 10.9. The number of fused-ring (bicyclic) bond motifs is 1. The van der Waals surface area contributed by atoms with E-state index >= 15 is 0 Å². The average molecular weight is 499 g/mol. The van der Waals surface area contributed by atoms with E-state index in [9.17, 15) is 14.4 Å². The van der Waals surface area contributed by atoms with Crippen molar-refractivity contribution in [3.05, 3.63) is 109 Å². The minimum absolute atomic E-state index is 0.0505. The van der Waals surface area contributed by atoms with E-state index in [0.717, 1.165) is 9.04 Å². The zero-order valence-corrected chi connectivity index (χ0v) is 18.6. The second kappa shape index (κ2) is 8.91. The largest absolute Gasteiger partial charge is 0.332 e. The van der Waals surface area contributed by atoms with E-state index in [4.69, 9.17) is 11.6 Å². The number of amides is 1. The van der Waals surface area contributed by atoms with Crippen LogP contribution in [0.15, 0.2) is 86.9 Å². The van der Waals surface area contributed by atoms with Crippen LogP contribution in [0.3, 0.4) is 0 Å². The van der Waals surface area contributed by atoms with Gasteiger partial charge in [0.2, 0.25) is 5.91 Å². The van der Waals surface area contributed by atoms with E-state index in [1.807, 2.05) is 12.1 Å². The molecule has 4 aromatic rings. The van der Waals surface area contributed by atoms with Crippen molar-refractivity contribution in [2.24, 2.45) is 0 Å². The van der Waals surface area contributed by atoms with Crippen LogP contribution in [0.4, 0.5) is 5.69 Å². The highest BCUT2D eigenvalue weighted by molar-refractivity contribution is 9.10. The number of aromatic nitrogens is 2. The molecule has 1 amide bonds. The summed E-state index contributed by atoms with van der Waals surface area (Å²) in [6.07, 6.45) is 0. The first-order valence-corrected chi connectivity index (χ1v) is 10.6. The fraction of sp³-hybridized carbons (Fsp3) is 0.0870. The van der Waals surface area contributed by atoms with Crippen LogP contribution in [-0.2, 0) is 17.9 Å². The lowest BCUT2D eigenvalue weighted by molar-refractivity contribution is -0.116. The highest BCUT2D eigenvalue weighted by atomic mass is 79.9. The molecule has 1 N–H and O–H groups in total. The Labute approximate surface area is 190 Å². The van der Waals surface area contributed by atoms with Gasteiger partial charge in [-0.3, -0.25) is 18.7 Å². The Morgan fingerprint density at radius 1 is 0.935 bits per heavy atom. The van der Waals surface area contributed by atoms with Gasteiger partial charge in [-0.15, -0.1) is 0 Å². The Morgan fingerprint density at radius 2 is 1.68 bits per heavy atom. The maximum atomic E-state index is 13.3. The van der Waals surface area contributed by atoms with Gasteiger partial charge in [0.15, 0.2) is 0 Å². The number of anilines is 1. The molecule has 3 aromatic carbocycles. The summed E-state index contributed by atoms with van der Waals surface area (Å²) in [6.45, 7) is -0.189. The molecule has 8 heteroatoms. The predicted molar refractivity (Wildman–Crippen MR) is 126 cm³/mol. The number of benzene rings is 3. The van der Waals surface area contributed by atoms with Crippen LogP contribution in [-0.4, -0.2) is 15.0 Å². The molecule has 0 fully saturated rings. The summed E-state index contributed by atoms with van der Waals surface area (Å²) in [5.41, 5.74) is 0.736. The molecule has 31 heavy (non-hydrogen) atoms. The number of carbonyl (C=O) groups is 1. The maximum absolute atomic E-state index is 13.3. The summed E-state index contributed by atoms with van der Waals surface area (Å²) in [5, 5.41) is 3.66. The van der Waals surface area contributed by atoms with Crippen molar-refractivity contribution in [1.29, 1.82) is 0 Å². The fourth-order valence-electron chi connectivity index (χ4n) is 3.38. The molecule has 4 rings (SSSR count). The van der Waals surface area contributed by atoms with E-state index in [-0.39, 0.29) is 19.0 Å². The van der Waals surface area contributed by atoms with Gasteiger partial charge < -0.3 is 5.32 Å². The third-order valence-electron chi connectivity index (χ3n) is 4.81. The molecule has 0 bridgehead atoms. The molecule has 0 saturated heterocycles. The molecular formula is C23H17BrClN3O3. The Bertz CT molecular complexity index is 1410. The van der Waals surface area contributed by atoms with E-state index in [1.165, 1.54) is 4.57 Å². The topological polar surface area (TPSA) is 73.1 Å². The number of rotatable bonds is 5. The van der Waals surface area contributed by atoms with E-state index in [0.29, 0.717) is 27.2 Å². The first-order valence-electron chi connectivity index (χ1n) is 9.45. The van der Waals surface area contributed by atoms with E-state index in [1.54, 1.807) is 60.7 Å². The van der Waals surface area contributed by atoms with Gasteiger partial charge >= 0.3 is 5.69 Å². The number of para-hydroxylation sites is 2. The van der Waals surface area contributed by atoms with Crippen molar-refractivity contribution in [3.8, 4) is 0 Å². The second-order valence-electron chi connectivity index (χ2n) is 6.94. The summed E-state index contributed by atoms with van der Waals surface area (Å²) in [7, 11) is 0. The van der Waals surface area contributed by atoms with Crippen LogP contribution in [0.2, 0.25) is 5.02 Å². The quantitative estimate of drug-likeness (QED) is 0.447. The average Bonchev–Trinajstić information content (AvgIpc) is 2.76. The molecule has 0 atom stereocenters. The third kappa shape index (κ3) is 4.47. The molecule has 0 spiro atoms. The van der Waals surface area contributed by atoms with Gasteiger partial charge in [-0.25, -0.2) is 4.79 Å². The van der Waals surface area contributed by atoms with Crippen molar-refractivity contribution in [2.45, 2.75) is 13.1 Å². The van der Waals surface area contributed by atoms with Gasteiger partial charge in [-0.05, 0) is 57.9 Å². The minimum Gasteiger partial charge on any atom is -0.324 e. The Hall–Kier alpha value is -3.16. The zero-order valence-electron chi connectivity index (χ0n) is 16.2. The van der Waals surface area contributed by atoms with E-state index in [2.05, 4.69) is 21.2 Å². The molecule has 0 aliphatic heterocycles. The number of hydrogen-bond acceptors (Lipinski definition) is 3. The molecule has 156 valence electrons. The van der Waals surface area contributed by atoms with E-state index < -0.39 is 11.2 Å². The van der Waals surface area contributed by atoms with Crippen molar-refractivity contribution < 1.29 is 4.79 Å². The summed E-state index contributed by atoms with van der Waals surface area (Å²) >= 11 is 9.44. The Morgan fingerprint density at radius 3 is 2.45 bits per heavy atom. The number of halogens is 2. The Kier molecular flexibility index (Phi) is 6.06. The van der Waals surface area contributed by atoms with Gasteiger partial charge in [0.25, 0.3) is 5.56 Å². The van der Waals surface area contributed by atoms with Gasteiger partial charge in [-0.2, -0.15) is 0 Å². The second-order valence-corrected chi connectivity index (χ2v) is 8.23. The number of nitrogens with one attached hydrogen (secondary N) is 1. The Balaban J connectivity index is 1.77. The summed E-state index contributed by atoms with van der Waals surface area (Å²) < 4.78 is 3.17. The maximum Gasteiger partial charge on any atom is 0.332 e. The van der Waals surface area contributed by atoms with Crippen molar-refractivity contribution in [2.75, 3.05) is 5.32 Å². The van der Waals surface area contributed by atoms with Crippen LogP contribution in [0.1, 0.15) is 5.56 Å². The lowest BCUT2D eigenvalue weighted by atomic mass is 10.2. The van der Waals surface area contributed by atoms with Crippen LogP contribution in [0.25, 0.3) is 10.9 Å². The van der Waals surface area contributed by atoms with Gasteiger partial charge in [-0.1, -0.05) is 48.0 Å². The van der Waals surface area contributed by atoms with Gasteiger partial charge in [0, 0.05) is 9.50 Å². The summed E-state index contributed by atoms with van der Waals surface area (Å²) in [5.74, 6) is -0.382. The SMILES string of the molecule is O=C(Cn1c(=O)n(Cc2cccc(Cl)c2)c(=O)c2ccccc21)Nc1ccccc1Br. The molecule has 0 unspecified atom stereocenters. The third-order valence-corrected chi connectivity index (χ3v) is 5.74. The standard InChI is InChI=1S/C23H17BrClN3O3/c24-18-9-2-3-10-19(18)26-21(29)14-27-20-11-4-1-8-17(20)22(30)28(23(27)31)13-15-6-5-7-16(25)12-15/h1-12H,13-14H2,(H,26,29). The van der Waals surface area contributed by atoms with Gasteiger partial charge in [0.05, 0.1) is 23.1 Å². The number of hydrogen-bond donors (Lipinski definition) is 1. The highest BCUT2D eigenvalue weighted by Gasteiger charge is 2.16. The monoisotopic (exact) mass is 497 g/mol. The first kappa shape index (κ1) is 21.1. The van der Waals surface area contributed by atoms with Crippen molar-refractivity contribution in [3.63, 3.8) is 0 Å². The summed E-state index contributed by atoms with van der Waals surface area (Å²) in [4.78, 5) is 39.0. The summed E-state index contributed by atoms with van der Waals surface area (Å²) in [6, 6.07) is 20.9. The minimum atomic E-state index is -0.564. The molecule has 0 aliphatic rings. The molecule has 1 heterocycles. The molecule has 6 nitrogen and oxygen atoms in total. The van der Waals surface area contributed by atoms with Crippen LogP contribution in [0.5, 0.6) is 0 Å². The predicted octanol–water partition coefficient (Wildman–Crippen LogP) is 4.27. The molecule has 0 saturated carbocycles. The lowest BCUT2D eigenvalue weighted by Crippen LogP contribution is -2.42. The number of nitrogens with zero attached hydrogens (tertiary/aromatic N) is 2. The molecule has 0 radical (unpaired) electrons.